The van der Waals surface area contributed by atoms with Crippen molar-refractivity contribution in [2.75, 3.05) is 19.3 Å². The third kappa shape index (κ3) is 3.85. The van der Waals surface area contributed by atoms with Crippen LogP contribution >= 0.6 is 7.26 Å². The Hall–Kier alpha value is -2.48. The average molecular weight is 364 g/mol. The highest BCUT2D eigenvalue weighted by Crippen LogP contribution is 2.54. The van der Waals surface area contributed by atoms with Crippen molar-refractivity contribution in [3.05, 3.63) is 91.0 Å². The van der Waals surface area contributed by atoms with E-state index >= 15 is 0 Å². The normalized spacial score (nSPS) is 11.1. The monoisotopic (exact) mass is 364 g/mol. The van der Waals surface area contributed by atoms with E-state index in [1.165, 1.54) is 15.9 Å². The van der Waals surface area contributed by atoms with Crippen LogP contribution in [0.25, 0.3) is 0 Å². The summed E-state index contributed by atoms with van der Waals surface area (Å²) in [5.41, 5.74) is 5.39. The van der Waals surface area contributed by atoms with Crippen molar-refractivity contribution in [2.45, 2.75) is 0 Å². The molecule has 0 radical (unpaired) electrons. The number of nitrogens with two attached hydrogens (primary N) is 1. The minimum absolute atomic E-state index is 0.0898. The second kappa shape index (κ2) is 8.75. The smallest absolute Gasteiger partial charge is 0.319 e. The number of carbonyl (C=O) groups is 1. The zero-order valence-electron chi connectivity index (χ0n) is 14.6. The lowest BCUT2D eigenvalue weighted by atomic mass is 10.4. The molecule has 3 nitrogen and oxygen atoms in total. The summed E-state index contributed by atoms with van der Waals surface area (Å²) in [5.74, 6) is -0.364. The molecule has 0 aliphatic rings. The van der Waals surface area contributed by atoms with Gasteiger partial charge in [0.15, 0.2) is 0 Å². The van der Waals surface area contributed by atoms with E-state index in [0.29, 0.717) is 6.61 Å². The van der Waals surface area contributed by atoms with Crippen LogP contribution in [-0.4, -0.2) is 25.3 Å². The summed E-state index contributed by atoms with van der Waals surface area (Å²) in [6.45, 7) is 0.260. The Morgan fingerprint density at radius 3 is 1.46 bits per heavy atom. The van der Waals surface area contributed by atoms with E-state index in [0.717, 1.165) is 6.16 Å². The molecule has 3 rings (SSSR count). The van der Waals surface area contributed by atoms with Crippen LogP contribution in [0.4, 0.5) is 0 Å². The van der Waals surface area contributed by atoms with Crippen molar-refractivity contribution in [3.8, 4) is 0 Å². The van der Waals surface area contributed by atoms with Gasteiger partial charge in [0, 0.05) is 0 Å². The summed E-state index contributed by atoms with van der Waals surface area (Å²) in [7, 11) is -1.94. The summed E-state index contributed by atoms with van der Waals surface area (Å²) in [5, 5.41) is 3.84. The van der Waals surface area contributed by atoms with Gasteiger partial charge in [0.25, 0.3) is 0 Å². The first kappa shape index (κ1) is 18.3. The third-order valence-corrected chi connectivity index (χ3v) is 8.84. The van der Waals surface area contributed by atoms with Gasteiger partial charge in [-0.1, -0.05) is 54.6 Å². The molecule has 0 aliphatic carbocycles. The third-order valence-electron chi connectivity index (χ3n) is 4.45. The van der Waals surface area contributed by atoms with Gasteiger partial charge in [-0.25, -0.2) is 0 Å². The van der Waals surface area contributed by atoms with Crippen LogP contribution in [0.2, 0.25) is 0 Å². The lowest BCUT2D eigenvalue weighted by Gasteiger charge is -2.27. The molecule has 0 saturated heterocycles. The molecule has 0 bridgehead atoms. The lowest BCUT2D eigenvalue weighted by Crippen LogP contribution is -2.35. The predicted octanol–water partition coefficient (Wildman–Crippen LogP) is 2.48. The van der Waals surface area contributed by atoms with E-state index in [-0.39, 0.29) is 12.5 Å². The number of rotatable bonds is 7. The standard InChI is InChI=1S/C22H23NO2P/c23-18-22(24)25-16-17-26(19-10-4-1-5-11-19,20-12-6-2-7-13-20)21-14-8-3-9-15-21/h1-15H,16-18,23H2/q+1. The average Bonchev–Trinajstić information content (AvgIpc) is 2.73. The summed E-state index contributed by atoms with van der Waals surface area (Å²) < 4.78 is 5.38. The minimum atomic E-state index is -1.94. The van der Waals surface area contributed by atoms with Gasteiger partial charge in [0.05, 0.1) is 6.54 Å². The maximum atomic E-state index is 11.6. The van der Waals surface area contributed by atoms with Gasteiger partial charge >= 0.3 is 5.97 Å². The molecular formula is C22H23NO2P+. The van der Waals surface area contributed by atoms with Crippen LogP contribution in [-0.2, 0) is 9.53 Å². The Balaban J connectivity index is 2.13. The van der Waals surface area contributed by atoms with Gasteiger partial charge in [-0.15, -0.1) is 0 Å². The number of hydrogen-bond donors (Lipinski definition) is 1. The Morgan fingerprint density at radius 2 is 1.12 bits per heavy atom. The molecule has 3 aromatic rings. The highest BCUT2D eigenvalue weighted by Gasteiger charge is 2.45. The van der Waals surface area contributed by atoms with Crippen molar-refractivity contribution in [1.82, 2.24) is 0 Å². The molecule has 2 N–H and O–H groups in total. The topological polar surface area (TPSA) is 52.3 Å². The van der Waals surface area contributed by atoms with E-state index < -0.39 is 7.26 Å². The molecule has 0 aliphatic heterocycles. The number of hydrogen-bond acceptors (Lipinski definition) is 3. The van der Waals surface area contributed by atoms with Gasteiger partial charge in [0.1, 0.15) is 35.9 Å². The van der Waals surface area contributed by atoms with E-state index in [9.17, 15) is 4.79 Å². The van der Waals surface area contributed by atoms with Crippen LogP contribution in [0.1, 0.15) is 0 Å². The number of carbonyl (C=O) groups excluding carboxylic acids is 1. The fourth-order valence-electron chi connectivity index (χ4n) is 3.24. The molecule has 0 spiro atoms. The highest BCUT2D eigenvalue weighted by molar-refractivity contribution is 7.95. The molecular weight excluding hydrogens is 341 g/mol. The maximum absolute atomic E-state index is 11.6. The Bertz CT molecular complexity index is 726. The quantitative estimate of drug-likeness (QED) is 0.518. The second-order valence-corrected chi connectivity index (χ2v) is 9.58. The molecule has 132 valence electrons. The van der Waals surface area contributed by atoms with Gasteiger partial charge in [-0.2, -0.15) is 0 Å². The van der Waals surface area contributed by atoms with E-state index in [1.807, 2.05) is 18.2 Å². The zero-order valence-corrected chi connectivity index (χ0v) is 15.5. The van der Waals surface area contributed by atoms with Crippen molar-refractivity contribution < 1.29 is 9.53 Å². The summed E-state index contributed by atoms with van der Waals surface area (Å²) in [4.78, 5) is 11.6. The van der Waals surface area contributed by atoms with Crippen LogP contribution in [0.5, 0.6) is 0 Å². The number of benzene rings is 3. The Kier molecular flexibility index (Phi) is 6.17. The van der Waals surface area contributed by atoms with Crippen LogP contribution in [0.3, 0.4) is 0 Å². The molecule has 0 fully saturated rings. The first-order valence-electron chi connectivity index (χ1n) is 8.68. The van der Waals surface area contributed by atoms with Gasteiger partial charge in [-0.05, 0) is 36.4 Å². The van der Waals surface area contributed by atoms with E-state index in [4.69, 9.17) is 10.5 Å². The lowest BCUT2D eigenvalue weighted by molar-refractivity contribution is -0.141. The first-order valence-corrected chi connectivity index (χ1v) is 10.7. The van der Waals surface area contributed by atoms with Gasteiger partial charge in [0.2, 0.25) is 0 Å². The number of esters is 1. The van der Waals surface area contributed by atoms with E-state index in [2.05, 4.69) is 72.8 Å². The van der Waals surface area contributed by atoms with Crippen LogP contribution in [0.15, 0.2) is 91.0 Å². The molecule has 4 heteroatoms. The van der Waals surface area contributed by atoms with E-state index in [1.54, 1.807) is 0 Å². The molecule has 0 atom stereocenters. The first-order chi connectivity index (χ1) is 12.8. The molecule has 3 aromatic carbocycles. The summed E-state index contributed by atoms with van der Waals surface area (Å²) in [6, 6.07) is 31.6. The van der Waals surface area contributed by atoms with Gasteiger partial charge in [-0.3, -0.25) is 4.79 Å². The molecule has 0 aromatic heterocycles. The predicted molar refractivity (Wildman–Crippen MR) is 110 cm³/mol. The zero-order chi connectivity index (χ0) is 18.2. The SMILES string of the molecule is NCC(=O)OCC[P+](c1ccccc1)(c1ccccc1)c1ccccc1. The summed E-state index contributed by atoms with van der Waals surface area (Å²) in [6.07, 6.45) is 0.747. The van der Waals surface area contributed by atoms with Crippen molar-refractivity contribution >= 4 is 29.1 Å². The minimum Gasteiger partial charge on any atom is -0.461 e. The second-order valence-electron chi connectivity index (χ2n) is 5.96. The molecule has 0 saturated carbocycles. The van der Waals surface area contributed by atoms with Gasteiger partial charge < -0.3 is 10.5 Å². The maximum Gasteiger partial charge on any atom is 0.319 e. The molecule has 0 unspecified atom stereocenters. The van der Waals surface area contributed by atoms with Crippen LogP contribution in [0, 0.1) is 0 Å². The van der Waals surface area contributed by atoms with Crippen LogP contribution < -0.4 is 21.6 Å². The largest absolute Gasteiger partial charge is 0.461 e. The highest BCUT2D eigenvalue weighted by atomic mass is 31.2. The molecule has 26 heavy (non-hydrogen) atoms. The molecule has 0 heterocycles. The number of ether oxygens (including phenoxy) is 1. The fraction of sp³-hybridized carbons (Fsp3) is 0.136. The van der Waals surface area contributed by atoms with Crippen molar-refractivity contribution in [3.63, 3.8) is 0 Å². The Labute approximate surface area is 155 Å². The van der Waals surface area contributed by atoms with Crippen molar-refractivity contribution in [2.24, 2.45) is 5.73 Å². The molecule has 0 amide bonds. The van der Waals surface area contributed by atoms with Crippen molar-refractivity contribution in [1.29, 1.82) is 0 Å². The Morgan fingerprint density at radius 1 is 0.731 bits per heavy atom. The fourth-order valence-corrected chi connectivity index (χ4v) is 7.31. The summed E-state index contributed by atoms with van der Waals surface area (Å²) >= 11 is 0.